The fourth-order valence-corrected chi connectivity index (χ4v) is 4.32. The zero-order valence-electron chi connectivity index (χ0n) is 16.2. The largest absolute Gasteiger partial charge is 0.530 e. The van der Waals surface area contributed by atoms with Crippen molar-refractivity contribution in [3.05, 3.63) is 56.7 Å². The quantitative estimate of drug-likeness (QED) is 0.440. The van der Waals surface area contributed by atoms with Crippen LogP contribution >= 0.6 is 20.0 Å². The van der Waals surface area contributed by atoms with Crippen molar-refractivity contribution in [2.24, 2.45) is 0 Å². The van der Waals surface area contributed by atoms with Crippen LogP contribution in [0.5, 0.6) is 5.75 Å². The van der Waals surface area contributed by atoms with Crippen LogP contribution in [0.2, 0.25) is 0 Å². The van der Waals surface area contributed by atoms with Crippen molar-refractivity contribution < 1.29 is 47.6 Å². The van der Waals surface area contributed by atoms with Crippen LogP contribution in [0.3, 0.4) is 0 Å². The number of rotatable bonds is 4. The van der Waals surface area contributed by atoms with E-state index in [9.17, 15) is 28.4 Å². The van der Waals surface area contributed by atoms with Gasteiger partial charge in [0, 0.05) is 5.56 Å². The van der Waals surface area contributed by atoms with Crippen molar-refractivity contribution in [3.63, 3.8) is 0 Å². The van der Waals surface area contributed by atoms with Crippen LogP contribution in [-0.4, -0.2) is 44.4 Å². The Morgan fingerprint density at radius 3 is 2.94 bits per heavy atom. The molecule has 1 unspecified atom stereocenters. The summed E-state index contributed by atoms with van der Waals surface area (Å²) in [5.41, 5.74) is -1.02. The Kier molecular flexibility index (Phi) is 5.25. The van der Waals surface area contributed by atoms with E-state index in [1.807, 2.05) is 4.98 Å². The first-order valence-corrected chi connectivity index (χ1v) is 10.4. The van der Waals surface area contributed by atoms with E-state index in [1.165, 1.54) is 0 Å². The average molecular weight is 483 g/mol. The van der Waals surface area contributed by atoms with Gasteiger partial charge in [0.05, 0.1) is 14.2 Å². The Hall–Kier alpha value is -2.06. The molecule has 3 heterocycles. The van der Waals surface area contributed by atoms with Gasteiger partial charge in [0.1, 0.15) is 30.4 Å². The maximum atomic E-state index is 15.4. The highest BCUT2D eigenvalue weighted by Crippen LogP contribution is 2.55. The molecule has 1 fully saturated rings. The summed E-state index contributed by atoms with van der Waals surface area (Å²) in [5.74, 6) is -5.44. The predicted molar refractivity (Wildman–Crippen MR) is 97.2 cm³/mol. The number of ether oxygens (including phenoxy) is 1. The van der Waals surface area contributed by atoms with Crippen molar-refractivity contribution in [1.29, 1.82) is 0 Å². The lowest BCUT2D eigenvalue weighted by Crippen LogP contribution is -2.43. The summed E-state index contributed by atoms with van der Waals surface area (Å²) >= 11 is 4.79. The molecule has 1 saturated heterocycles. The van der Waals surface area contributed by atoms with Gasteiger partial charge >= 0.3 is 7.82 Å². The van der Waals surface area contributed by atoms with Crippen molar-refractivity contribution in [1.82, 2.24) is 9.55 Å². The molecular formula is C16H14F3N2O8PS. The molecular weight excluding hydrogens is 468 g/mol. The molecule has 31 heavy (non-hydrogen) atoms. The summed E-state index contributed by atoms with van der Waals surface area (Å²) in [6, 6.07) is 3.24. The van der Waals surface area contributed by atoms with Gasteiger partial charge in [-0.2, -0.15) is 4.39 Å². The number of nitrogens with one attached hydrogen (secondary N) is 1. The van der Waals surface area contributed by atoms with Gasteiger partial charge in [-0.05, 0) is 30.4 Å². The Balaban J connectivity index is 1.56. The fraction of sp³-hybridized carbons (Fsp3) is 0.375. The number of benzene rings is 1. The molecule has 4 rings (SSSR count). The lowest BCUT2D eigenvalue weighted by Gasteiger charge is -2.28. The number of hydrogen-bond donors (Lipinski definition) is 3. The first-order valence-electron chi connectivity index (χ1n) is 9.01. The average Bonchev–Trinajstić information content (AvgIpc) is 2.91. The summed E-state index contributed by atoms with van der Waals surface area (Å²) in [7, 11) is -4.47. The smallest absolute Gasteiger partial charge is 0.404 e. The normalized spacial score (nSPS) is 35.3. The number of aromatic amines is 1. The minimum absolute atomic E-state index is 0.0494. The summed E-state index contributed by atoms with van der Waals surface area (Å²) in [6.45, 7) is -1.76. The molecule has 0 spiro atoms. The maximum Gasteiger partial charge on any atom is 0.530 e. The van der Waals surface area contributed by atoms with Gasteiger partial charge in [-0.1, -0.05) is 0 Å². The van der Waals surface area contributed by atoms with Crippen LogP contribution in [-0.2, 0) is 25.0 Å². The second kappa shape index (κ2) is 7.81. The molecule has 3 N–H and O–H groups in total. The van der Waals surface area contributed by atoms with E-state index in [0.717, 1.165) is 18.2 Å². The SMILES string of the molecule is [2H][C@@]1(n2cc(F)c(=O)[nH]c2=S)O[C@](F)(COP2(=O)OCc3cc(F)ccc3O2)[C@@H](O)[C@H]1O. The fourth-order valence-electron chi connectivity index (χ4n) is 2.86. The van der Waals surface area contributed by atoms with Crippen molar-refractivity contribution in [2.45, 2.75) is 30.9 Å². The van der Waals surface area contributed by atoms with Gasteiger partial charge in [0.2, 0.25) is 5.82 Å². The zero-order chi connectivity index (χ0) is 23.5. The van der Waals surface area contributed by atoms with Gasteiger partial charge < -0.3 is 19.5 Å². The van der Waals surface area contributed by atoms with Crippen LogP contribution in [0.4, 0.5) is 13.2 Å². The molecule has 0 aliphatic carbocycles. The molecule has 0 bridgehead atoms. The summed E-state index contributed by atoms with van der Waals surface area (Å²) < 4.78 is 82.6. The van der Waals surface area contributed by atoms with Crippen LogP contribution in [0.25, 0.3) is 0 Å². The van der Waals surface area contributed by atoms with E-state index in [0.29, 0.717) is 10.8 Å². The van der Waals surface area contributed by atoms with E-state index in [2.05, 4.69) is 0 Å². The molecule has 0 amide bonds. The minimum atomic E-state index is -4.47. The van der Waals surface area contributed by atoms with Crippen LogP contribution in [0, 0.1) is 16.4 Å². The number of fused-ring (bicyclic) bond motifs is 1. The molecule has 2 aromatic rings. The Bertz CT molecular complexity index is 1250. The molecule has 0 radical (unpaired) electrons. The van der Waals surface area contributed by atoms with Crippen LogP contribution in [0.15, 0.2) is 29.2 Å². The first-order chi connectivity index (χ1) is 14.9. The standard InChI is InChI=1S/C16H14F3N2O8PS/c17-8-1-2-10-7(3-8)5-26-30(25,29-10)27-6-16(19)12(23)11(22)14(28-16)21-4-9(18)13(24)20-15(21)31/h1-4,11-12,14,22-23H,5-6H2,(H,20,24,31)/t11-,12+,14-,16-,30?/m1/s1/i14D. The van der Waals surface area contributed by atoms with Gasteiger partial charge in [0.25, 0.3) is 11.4 Å². The third-order valence-electron chi connectivity index (χ3n) is 4.43. The number of nitrogens with zero attached hydrogens (tertiary/aromatic N) is 1. The Morgan fingerprint density at radius 2 is 2.19 bits per heavy atom. The van der Waals surface area contributed by atoms with Crippen molar-refractivity contribution in [2.75, 3.05) is 6.61 Å². The second-order valence-corrected chi connectivity index (χ2v) is 8.54. The van der Waals surface area contributed by atoms with E-state index < -0.39 is 67.3 Å². The molecule has 1 aromatic carbocycles. The lowest BCUT2D eigenvalue weighted by molar-refractivity contribution is -0.205. The predicted octanol–water partition coefficient (Wildman–Crippen LogP) is 1.83. The van der Waals surface area contributed by atoms with E-state index in [4.69, 9.17) is 31.9 Å². The monoisotopic (exact) mass is 483 g/mol. The second-order valence-electron chi connectivity index (χ2n) is 6.56. The molecule has 2 aliphatic heterocycles. The van der Waals surface area contributed by atoms with Gasteiger partial charge in [0.15, 0.2) is 11.0 Å². The maximum absolute atomic E-state index is 15.4. The van der Waals surface area contributed by atoms with Crippen molar-refractivity contribution in [3.8, 4) is 5.75 Å². The number of hydrogen-bond acceptors (Lipinski definition) is 9. The zero-order valence-corrected chi connectivity index (χ0v) is 16.9. The Morgan fingerprint density at radius 1 is 1.45 bits per heavy atom. The molecule has 1 aromatic heterocycles. The van der Waals surface area contributed by atoms with E-state index in [1.54, 1.807) is 0 Å². The van der Waals surface area contributed by atoms with Crippen LogP contribution in [0.1, 0.15) is 13.1 Å². The number of aliphatic hydroxyl groups excluding tert-OH is 2. The number of phosphoric ester groups is 1. The van der Waals surface area contributed by atoms with Crippen LogP contribution < -0.4 is 10.1 Å². The first kappa shape index (κ1) is 20.8. The highest BCUT2D eigenvalue weighted by atomic mass is 32.1. The number of phosphoric acid groups is 1. The van der Waals surface area contributed by atoms with Gasteiger partial charge in [-0.15, -0.1) is 0 Å². The minimum Gasteiger partial charge on any atom is -0.404 e. The highest BCUT2D eigenvalue weighted by molar-refractivity contribution is 7.71. The van der Waals surface area contributed by atoms with Crippen molar-refractivity contribution >= 4 is 20.0 Å². The lowest BCUT2D eigenvalue weighted by atomic mass is 10.1. The molecule has 15 heteroatoms. The summed E-state index contributed by atoms with van der Waals surface area (Å²) in [4.78, 5) is 13.2. The Labute approximate surface area is 177 Å². The third kappa shape index (κ3) is 4.07. The van der Waals surface area contributed by atoms with Gasteiger partial charge in [-0.3, -0.25) is 23.4 Å². The summed E-state index contributed by atoms with van der Waals surface area (Å²) in [6.07, 6.45) is -7.37. The molecule has 0 saturated carbocycles. The highest BCUT2D eigenvalue weighted by Gasteiger charge is 2.57. The van der Waals surface area contributed by atoms with Gasteiger partial charge in [-0.25, -0.2) is 13.3 Å². The number of H-pyrrole nitrogens is 1. The number of aliphatic hydroxyl groups is 2. The topological polar surface area (TPSA) is 132 Å². The number of halogens is 3. The summed E-state index contributed by atoms with van der Waals surface area (Å²) in [5, 5.41) is 20.4. The number of aromatic nitrogens is 2. The molecule has 5 atom stereocenters. The third-order valence-corrected chi connectivity index (χ3v) is 6.04. The molecule has 2 aliphatic rings. The van der Waals surface area contributed by atoms with E-state index in [-0.39, 0.29) is 11.3 Å². The molecule has 10 nitrogen and oxygen atoms in total. The van der Waals surface area contributed by atoms with E-state index >= 15 is 4.39 Å². The molecule has 168 valence electrons. The number of alkyl halides is 1.